The Bertz CT molecular complexity index is 905. The van der Waals surface area contributed by atoms with Crippen molar-refractivity contribution in [1.82, 2.24) is 5.32 Å². The second-order valence-electron chi connectivity index (χ2n) is 5.53. The molecule has 0 aliphatic carbocycles. The van der Waals surface area contributed by atoms with Gasteiger partial charge in [-0.05, 0) is 35.4 Å². The summed E-state index contributed by atoms with van der Waals surface area (Å²) in [5, 5.41) is 5.44. The fourth-order valence-corrected chi connectivity index (χ4v) is 2.63. The lowest BCUT2D eigenvalue weighted by Crippen LogP contribution is -2.18. The van der Waals surface area contributed by atoms with Gasteiger partial charge in [0.15, 0.2) is 0 Å². The van der Waals surface area contributed by atoms with Crippen molar-refractivity contribution in [3.8, 4) is 11.1 Å². The number of anilines is 1. The van der Waals surface area contributed by atoms with Crippen molar-refractivity contribution in [2.75, 3.05) is 12.4 Å². The minimum atomic E-state index is -0.214. The number of amides is 2. The number of hydrogen-bond acceptors (Lipinski definition) is 2. The van der Waals surface area contributed by atoms with Crippen molar-refractivity contribution in [3.63, 3.8) is 0 Å². The Morgan fingerprint density at radius 3 is 2.24 bits per heavy atom. The SMILES string of the molecule is CNC(=O)c1cccc(NC(=O)c2ccccc2-c2ccccc2)c1. The zero-order chi connectivity index (χ0) is 17.6. The summed E-state index contributed by atoms with van der Waals surface area (Å²) in [6.07, 6.45) is 0. The molecule has 4 nitrogen and oxygen atoms in total. The van der Waals surface area contributed by atoms with Crippen LogP contribution >= 0.6 is 0 Å². The Balaban J connectivity index is 1.89. The van der Waals surface area contributed by atoms with E-state index in [9.17, 15) is 9.59 Å². The lowest BCUT2D eigenvalue weighted by molar-refractivity contribution is 0.0961. The van der Waals surface area contributed by atoms with Crippen molar-refractivity contribution in [2.24, 2.45) is 0 Å². The van der Waals surface area contributed by atoms with Crippen LogP contribution in [0, 0.1) is 0 Å². The highest BCUT2D eigenvalue weighted by Gasteiger charge is 2.13. The summed E-state index contributed by atoms with van der Waals surface area (Å²) >= 11 is 0. The summed E-state index contributed by atoms with van der Waals surface area (Å²) in [6, 6.07) is 24.1. The molecule has 0 spiro atoms. The zero-order valence-electron chi connectivity index (χ0n) is 13.8. The number of nitrogens with one attached hydrogen (secondary N) is 2. The fourth-order valence-electron chi connectivity index (χ4n) is 2.63. The molecule has 124 valence electrons. The summed E-state index contributed by atoms with van der Waals surface area (Å²) < 4.78 is 0. The molecule has 2 amide bonds. The molecular weight excluding hydrogens is 312 g/mol. The summed E-state index contributed by atoms with van der Waals surface area (Å²) in [4.78, 5) is 24.5. The summed E-state index contributed by atoms with van der Waals surface area (Å²) in [7, 11) is 1.57. The molecule has 0 aromatic heterocycles. The van der Waals surface area contributed by atoms with Crippen molar-refractivity contribution in [3.05, 3.63) is 90.0 Å². The quantitative estimate of drug-likeness (QED) is 0.760. The third kappa shape index (κ3) is 3.75. The topological polar surface area (TPSA) is 58.2 Å². The zero-order valence-corrected chi connectivity index (χ0v) is 13.8. The van der Waals surface area contributed by atoms with Gasteiger partial charge in [-0.15, -0.1) is 0 Å². The monoisotopic (exact) mass is 330 g/mol. The van der Waals surface area contributed by atoms with Crippen LogP contribution in [0.1, 0.15) is 20.7 Å². The van der Waals surface area contributed by atoms with Gasteiger partial charge in [0.05, 0.1) is 0 Å². The van der Waals surface area contributed by atoms with Crippen LogP contribution in [0.3, 0.4) is 0 Å². The molecule has 3 rings (SSSR count). The Hall–Kier alpha value is -3.40. The Morgan fingerprint density at radius 2 is 1.48 bits per heavy atom. The highest BCUT2D eigenvalue weighted by molar-refractivity contribution is 6.09. The van der Waals surface area contributed by atoms with E-state index in [2.05, 4.69) is 10.6 Å². The maximum Gasteiger partial charge on any atom is 0.256 e. The van der Waals surface area contributed by atoms with Gasteiger partial charge < -0.3 is 10.6 Å². The Kier molecular flexibility index (Phi) is 4.90. The first kappa shape index (κ1) is 16.5. The molecular formula is C21H18N2O2. The average Bonchev–Trinajstić information content (AvgIpc) is 2.68. The normalized spacial score (nSPS) is 10.1. The van der Waals surface area contributed by atoms with Gasteiger partial charge in [0.2, 0.25) is 0 Å². The van der Waals surface area contributed by atoms with Crippen LogP contribution < -0.4 is 10.6 Å². The molecule has 0 aliphatic rings. The third-order valence-corrected chi connectivity index (χ3v) is 3.87. The second-order valence-corrected chi connectivity index (χ2v) is 5.53. The van der Waals surface area contributed by atoms with Gasteiger partial charge in [-0.2, -0.15) is 0 Å². The summed E-state index contributed by atoms with van der Waals surface area (Å²) in [5.41, 5.74) is 3.50. The van der Waals surface area contributed by atoms with Gasteiger partial charge in [-0.3, -0.25) is 9.59 Å². The molecule has 0 bridgehead atoms. The van der Waals surface area contributed by atoms with Gasteiger partial charge in [0.25, 0.3) is 11.8 Å². The van der Waals surface area contributed by atoms with E-state index in [1.165, 1.54) is 0 Å². The van der Waals surface area contributed by atoms with Crippen molar-refractivity contribution in [1.29, 1.82) is 0 Å². The van der Waals surface area contributed by atoms with Gasteiger partial charge in [0, 0.05) is 23.9 Å². The van der Waals surface area contributed by atoms with Gasteiger partial charge in [0.1, 0.15) is 0 Å². The summed E-state index contributed by atoms with van der Waals surface area (Å²) in [5.74, 6) is -0.408. The molecule has 0 saturated carbocycles. The fraction of sp³-hybridized carbons (Fsp3) is 0.0476. The lowest BCUT2D eigenvalue weighted by Gasteiger charge is -2.11. The van der Waals surface area contributed by atoms with Gasteiger partial charge in [-0.1, -0.05) is 54.6 Å². The molecule has 3 aromatic rings. The highest BCUT2D eigenvalue weighted by atomic mass is 16.2. The van der Waals surface area contributed by atoms with Crippen molar-refractivity contribution >= 4 is 17.5 Å². The van der Waals surface area contributed by atoms with E-state index in [4.69, 9.17) is 0 Å². The van der Waals surface area contributed by atoms with Crippen LogP contribution in [0.5, 0.6) is 0 Å². The van der Waals surface area contributed by atoms with E-state index in [1.54, 1.807) is 37.4 Å². The molecule has 4 heteroatoms. The van der Waals surface area contributed by atoms with E-state index < -0.39 is 0 Å². The molecule has 0 aliphatic heterocycles. The van der Waals surface area contributed by atoms with E-state index in [0.29, 0.717) is 16.8 Å². The minimum absolute atomic E-state index is 0.194. The van der Waals surface area contributed by atoms with E-state index in [1.807, 2.05) is 48.5 Å². The van der Waals surface area contributed by atoms with E-state index in [-0.39, 0.29) is 11.8 Å². The van der Waals surface area contributed by atoms with Crippen LogP contribution in [0.25, 0.3) is 11.1 Å². The van der Waals surface area contributed by atoms with Crippen LogP contribution in [-0.2, 0) is 0 Å². The Morgan fingerprint density at radius 1 is 0.760 bits per heavy atom. The molecule has 3 aromatic carbocycles. The maximum atomic E-state index is 12.7. The molecule has 0 unspecified atom stereocenters. The van der Waals surface area contributed by atoms with Crippen LogP contribution in [-0.4, -0.2) is 18.9 Å². The van der Waals surface area contributed by atoms with E-state index in [0.717, 1.165) is 11.1 Å². The van der Waals surface area contributed by atoms with Gasteiger partial charge in [-0.25, -0.2) is 0 Å². The van der Waals surface area contributed by atoms with Gasteiger partial charge >= 0.3 is 0 Å². The predicted octanol–water partition coefficient (Wildman–Crippen LogP) is 3.97. The molecule has 2 N–H and O–H groups in total. The molecule has 0 radical (unpaired) electrons. The van der Waals surface area contributed by atoms with E-state index >= 15 is 0 Å². The lowest BCUT2D eigenvalue weighted by atomic mass is 9.99. The van der Waals surface area contributed by atoms with Crippen LogP contribution in [0.2, 0.25) is 0 Å². The molecule has 0 fully saturated rings. The summed E-state index contributed by atoms with van der Waals surface area (Å²) in [6.45, 7) is 0. The predicted molar refractivity (Wildman–Crippen MR) is 99.7 cm³/mol. The third-order valence-electron chi connectivity index (χ3n) is 3.87. The van der Waals surface area contributed by atoms with Crippen LogP contribution in [0.15, 0.2) is 78.9 Å². The number of carbonyl (C=O) groups excluding carboxylic acids is 2. The highest BCUT2D eigenvalue weighted by Crippen LogP contribution is 2.24. The first-order chi connectivity index (χ1) is 12.2. The smallest absolute Gasteiger partial charge is 0.256 e. The maximum absolute atomic E-state index is 12.7. The number of hydrogen-bond donors (Lipinski definition) is 2. The average molecular weight is 330 g/mol. The van der Waals surface area contributed by atoms with Crippen molar-refractivity contribution in [2.45, 2.75) is 0 Å². The van der Waals surface area contributed by atoms with Crippen LogP contribution in [0.4, 0.5) is 5.69 Å². The molecule has 25 heavy (non-hydrogen) atoms. The number of carbonyl (C=O) groups is 2. The number of rotatable bonds is 4. The standard InChI is InChI=1S/C21H18N2O2/c1-22-20(24)16-10-7-11-17(14-16)23-21(25)19-13-6-5-12-18(19)15-8-3-2-4-9-15/h2-14H,1H3,(H,22,24)(H,23,25). The molecule has 0 atom stereocenters. The molecule has 0 heterocycles. The number of benzene rings is 3. The second kappa shape index (κ2) is 7.45. The van der Waals surface area contributed by atoms with Crippen molar-refractivity contribution < 1.29 is 9.59 Å². The molecule has 0 saturated heterocycles. The first-order valence-corrected chi connectivity index (χ1v) is 7.97. The first-order valence-electron chi connectivity index (χ1n) is 7.97. The minimum Gasteiger partial charge on any atom is -0.355 e. The Labute approximate surface area is 146 Å². The largest absolute Gasteiger partial charge is 0.355 e.